The van der Waals surface area contributed by atoms with Crippen LogP contribution in [0.4, 0.5) is 5.69 Å². The number of benzene rings is 2. The summed E-state index contributed by atoms with van der Waals surface area (Å²) in [4.78, 5) is 24.0. The van der Waals surface area contributed by atoms with Crippen molar-refractivity contribution in [2.45, 2.75) is 12.8 Å². The van der Waals surface area contributed by atoms with E-state index < -0.39 is 0 Å². The van der Waals surface area contributed by atoms with Gasteiger partial charge >= 0.3 is 0 Å². The maximum Gasteiger partial charge on any atom is 0.243 e. The summed E-state index contributed by atoms with van der Waals surface area (Å²) in [5.74, 6) is 2.01. The summed E-state index contributed by atoms with van der Waals surface area (Å²) >= 11 is 0. The predicted molar refractivity (Wildman–Crippen MR) is 108 cm³/mol. The number of amides is 2. The van der Waals surface area contributed by atoms with E-state index in [1.54, 1.807) is 35.1 Å². The molecule has 0 saturated heterocycles. The van der Waals surface area contributed by atoms with Gasteiger partial charge in [-0.1, -0.05) is 30.2 Å². The second-order valence-corrected chi connectivity index (χ2v) is 6.18. The Morgan fingerprint density at radius 1 is 1.07 bits per heavy atom. The van der Waals surface area contributed by atoms with E-state index in [1.165, 1.54) is 0 Å². The highest BCUT2D eigenvalue weighted by Gasteiger charge is 2.08. The highest BCUT2D eigenvalue weighted by molar-refractivity contribution is 5.94. The standard InChI is InChI=1S/C22H20N4O2/c1-2-17-7-6-8-19(13-17)25-22(28)15-23-21(27)12-11-18-14-24-26(16-18)20-9-4-3-5-10-20/h1,3-10,13-14,16H,11-12,15H2,(H,23,27)(H,25,28). The van der Waals surface area contributed by atoms with Gasteiger partial charge in [0.2, 0.25) is 11.8 Å². The van der Waals surface area contributed by atoms with Gasteiger partial charge in [-0.2, -0.15) is 5.10 Å². The van der Waals surface area contributed by atoms with Gasteiger partial charge in [-0.3, -0.25) is 9.59 Å². The molecular weight excluding hydrogens is 352 g/mol. The Morgan fingerprint density at radius 3 is 2.68 bits per heavy atom. The summed E-state index contributed by atoms with van der Waals surface area (Å²) < 4.78 is 1.77. The lowest BCUT2D eigenvalue weighted by Crippen LogP contribution is -2.32. The Bertz CT molecular complexity index is 1000. The molecule has 0 spiro atoms. The molecule has 6 nitrogen and oxygen atoms in total. The van der Waals surface area contributed by atoms with Crippen LogP contribution in [-0.4, -0.2) is 28.1 Å². The van der Waals surface area contributed by atoms with Crippen LogP contribution in [-0.2, 0) is 16.0 Å². The van der Waals surface area contributed by atoms with E-state index in [-0.39, 0.29) is 24.8 Å². The van der Waals surface area contributed by atoms with Crippen LogP contribution in [0.5, 0.6) is 0 Å². The number of aromatic nitrogens is 2. The molecular formula is C22H20N4O2. The van der Waals surface area contributed by atoms with Gasteiger partial charge in [0, 0.05) is 23.9 Å². The molecule has 3 aromatic rings. The van der Waals surface area contributed by atoms with Gasteiger partial charge in [0.1, 0.15) is 0 Å². The van der Waals surface area contributed by atoms with E-state index in [2.05, 4.69) is 21.7 Å². The van der Waals surface area contributed by atoms with Gasteiger partial charge in [-0.05, 0) is 42.3 Å². The zero-order valence-corrected chi connectivity index (χ0v) is 15.3. The number of carbonyl (C=O) groups excluding carboxylic acids is 2. The Morgan fingerprint density at radius 2 is 1.89 bits per heavy atom. The topological polar surface area (TPSA) is 76.0 Å². The molecule has 140 valence electrons. The number of rotatable bonds is 7. The molecule has 6 heteroatoms. The summed E-state index contributed by atoms with van der Waals surface area (Å²) in [5.41, 5.74) is 3.19. The fraction of sp³-hybridized carbons (Fsp3) is 0.136. The van der Waals surface area contributed by atoms with Crippen LogP contribution in [0.15, 0.2) is 67.0 Å². The van der Waals surface area contributed by atoms with Crippen molar-refractivity contribution in [3.8, 4) is 18.0 Å². The van der Waals surface area contributed by atoms with Crippen LogP contribution in [0.1, 0.15) is 17.5 Å². The average Bonchev–Trinajstić information content (AvgIpc) is 3.20. The zero-order chi connectivity index (χ0) is 19.8. The summed E-state index contributed by atoms with van der Waals surface area (Å²) in [6, 6.07) is 16.7. The smallest absolute Gasteiger partial charge is 0.243 e. The molecule has 0 aliphatic carbocycles. The van der Waals surface area contributed by atoms with Crippen molar-refractivity contribution in [3.63, 3.8) is 0 Å². The molecule has 0 aliphatic rings. The molecule has 0 bridgehead atoms. The van der Waals surface area contributed by atoms with Gasteiger partial charge in [-0.15, -0.1) is 6.42 Å². The second kappa shape index (κ2) is 9.19. The van der Waals surface area contributed by atoms with Gasteiger partial charge in [0.25, 0.3) is 0 Å². The zero-order valence-electron chi connectivity index (χ0n) is 15.3. The molecule has 2 N–H and O–H groups in total. The largest absolute Gasteiger partial charge is 0.347 e. The quantitative estimate of drug-likeness (QED) is 0.626. The number of nitrogens with zero attached hydrogens (tertiary/aromatic N) is 2. The molecule has 0 radical (unpaired) electrons. The Balaban J connectivity index is 1.43. The number of anilines is 1. The van der Waals surface area contributed by atoms with Crippen molar-refractivity contribution < 1.29 is 9.59 Å². The number of nitrogens with one attached hydrogen (secondary N) is 2. The molecule has 0 saturated carbocycles. The number of hydrogen-bond acceptors (Lipinski definition) is 3. The fourth-order valence-corrected chi connectivity index (χ4v) is 2.63. The molecule has 0 aliphatic heterocycles. The summed E-state index contributed by atoms with van der Waals surface area (Å²) in [6.45, 7) is -0.0948. The lowest BCUT2D eigenvalue weighted by molar-refractivity contribution is -0.124. The van der Waals surface area contributed by atoms with Crippen molar-refractivity contribution >= 4 is 17.5 Å². The number of para-hydroxylation sites is 1. The molecule has 0 unspecified atom stereocenters. The van der Waals surface area contributed by atoms with E-state index in [9.17, 15) is 9.59 Å². The Labute approximate surface area is 163 Å². The van der Waals surface area contributed by atoms with Crippen molar-refractivity contribution in [3.05, 3.63) is 78.1 Å². The first-order chi connectivity index (χ1) is 13.6. The number of terminal acetylenes is 1. The first-order valence-electron chi connectivity index (χ1n) is 8.86. The minimum absolute atomic E-state index is 0.0948. The van der Waals surface area contributed by atoms with Crippen molar-refractivity contribution in [2.75, 3.05) is 11.9 Å². The van der Waals surface area contributed by atoms with Gasteiger partial charge in [0.05, 0.1) is 18.4 Å². The predicted octanol–water partition coefficient (Wildman–Crippen LogP) is 2.54. The van der Waals surface area contributed by atoms with Crippen LogP contribution in [0.25, 0.3) is 5.69 Å². The first-order valence-corrected chi connectivity index (χ1v) is 8.86. The first kappa shape index (κ1) is 18.9. The molecule has 1 heterocycles. The minimum Gasteiger partial charge on any atom is -0.347 e. The van der Waals surface area contributed by atoms with Crippen LogP contribution in [0.2, 0.25) is 0 Å². The lowest BCUT2D eigenvalue weighted by atomic mass is 10.2. The Kier molecular flexibility index (Phi) is 6.21. The number of carbonyl (C=O) groups is 2. The van der Waals surface area contributed by atoms with E-state index >= 15 is 0 Å². The number of hydrogen-bond donors (Lipinski definition) is 2. The third kappa shape index (κ3) is 5.32. The Hall–Kier alpha value is -3.85. The molecule has 2 amide bonds. The number of aryl methyl sites for hydroxylation is 1. The average molecular weight is 372 g/mol. The summed E-state index contributed by atoms with van der Waals surface area (Å²) in [5, 5.41) is 9.63. The fourth-order valence-electron chi connectivity index (χ4n) is 2.63. The van der Waals surface area contributed by atoms with Crippen LogP contribution < -0.4 is 10.6 Å². The van der Waals surface area contributed by atoms with E-state index in [0.29, 0.717) is 17.7 Å². The molecule has 0 fully saturated rings. The summed E-state index contributed by atoms with van der Waals surface area (Å²) in [7, 11) is 0. The van der Waals surface area contributed by atoms with Gasteiger partial charge in [0.15, 0.2) is 0 Å². The maximum absolute atomic E-state index is 12.0. The van der Waals surface area contributed by atoms with Gasteiger partial charge < -0.3 is 10.6 Å². The third-order valence-corrected chi connectivity index (χ3v) is 4.06. The molecule has 3 rings (SSSR count). The van der Waals surface area contributed by atoms with E-state index in [1.807, 2.05) is 36.5 Å². The normalized spacial score (nSPS) is 10.1. The van der Waals surface area contributed by atoms with E-state index in [4.69, 9.17) is 6.42 Å². The lowest BCUT2D eigenvalue weighted by Gasteiger charge is -2.07. The van der Waals surface area contributed by atoms with Crippen molar-refractivity contribution in [1.29, 1.82) is 0 Å². The molecule has 1 aromatic heterocycles. The third-order valence-electron chi connectivity index (χ3n) is 4.06. The van der Waals surface area contributed by atoms with Crippen LogP contribution in [0.3, 0.4) is 0 Å². The van der Waals surface area contributed by atoms with Crippen molar-refractivity contribution in [2.24, 2.45) is 0 Å². The maximum atomic E-state index is 12.0. The highest BCUT2D eigenvalue weighted by atomic mass is 16.2. The van der Waals surface area contributed by atoms with Crippen LogP contribution in [0, 0.1) is 12.3 Å². The van der Waals surface area contributed by atoms with E-state index in [0.717, 1.165) is 11.3 Å². The SMILES string of the molecule is C#Cc1cccc(NC(=O)CNC(=O)CCc2cnn(-c3ccccc3)c2)c1. The monoisotopic (exact) mass is 372 g/mol. The van der Waals surface area contributed by atoms with Crippen molar-refractivity contribution in [1.82, 2.24) is 15.1 Å². The molecule has 2 aromatic carbocycles. The molecule has 0 atom stereocenters. The minimum atomic E-state index is -0.306. The van der Waals surface area contributed by atoms with Crippen LogP contribution >= 0.6 is 0 Å². The second-order valence-electron chi connectivity index (χ2n) is 6.18. The summed E-state index contributed by atoms with van der Waals surface area (Å²) in [6.07, 6.45) is 9.80. The van der Waals surface area contributed by atoms with Gasteiger partial charge in [-0.25, -0.2) is 4.68 Å². The molecule has 28 heavy (non-hydrogen) atoms. The highest BCUT2D eigenvalue weighted by Crippen LogP contribution is 2.10.